The van der Waals surface area contributed by atoms with Gasteiger partial charge in [0.15, 0.2) is 0 Å². The van der Waals surface area contributed by atoms with E-state index in [1.54, 1.807) is 0 Å². The van der Waals surface area contributed by atoms with E-state index in [1.165, 1.54) is 22.0 Å². The molecule has 102 valence electrons. The zero-order valence-electron chi connectivity index (χ0n) is 12.0. The molecule has 0 aliphatic rings. The Morgan fingerprint density at radius 1 is 1.39 bits per heavy atom. The summed E-state index contributed by atoms with van der Waals surface area (Å²) in [5.74, 6) is 0.430. The minimum atomic E-state index is 0.329. The highest BCUT2D eigenvalue weighted by Crippen LogP contribution is 2.30. The van der Waals surface area contributed by atoms with Crippen molar-refractivity contribution in [3.63, 3.8) is 0 Å². The summed E-state index contributed by atoms with van der Waals surface area (Å²) < 4.78 is 4.13. The number of nitrogens with zero attached hydrogens (tertiary/aromatic N) is 2. The first kappa shape index (κ1) is 15.3. The molecule has 0 amide bonds. The first-order valence-electron chi connectivity index (χ1n) is 6.82. The van der Waals surface area contributed by atoms with E-state index in [4.69, 9.17) is 0 Å². The van der Waals surface area contributed by atoms with E-state index in [0.29, 0.717) is 12.0 Å². The summed E-state index contributed by atoms with van der Waals surface area (Å²) in [6.45, 7) is 13.8. The molecule has 0 aromatic carbocycles. The highest BCUT2D eigenvalue weighted by atomic mass is 32.1. The number of hydrogen-bond donors (Lipinski definition) is 1. The minimum Gasteiger partial charge on any atom is -0.309 e. The molecule has 1 aromatic heterocycles. The molecule has 3 nitrogen and oxygen atoms in total. The Kier molecular flexibility index (Phi) is 6.50. The molecule has 1 atom stereocenters. The van der Waals surface area contributed by atoms with Gasteiger partial charge in [-0.15, -0.1) is 5.10 Å². The highest BCUT2D eigenvalue weighted by molar-refractivity contribution is 7.05. The molecule has 0 bridgehead atoms. The molecule has 0 radical (unpaired) electrons. The lowest BCUT2D eigenvalue weighted by Gasteiger charge is -2.19. The van der Waals surface area contributed by atoms with Gasteiger partial charge in [0, 0.05) is 6.04 Å². The van der Waals surface area contributed by atoms with Crippen LogP contribution in [0.2, 0.25) is 0 Å². The molecule has 0 spiro atoms. The molecule has 1 N–H and O–H groups in total. The van der Waals surface area contributed by atoms with Crippen LogP contribution in [0.1, 0.15) is 69.5 Å². The maximum Gasteiger partial charge on any atom is 0.0829 e. The van der Waals surface area contributed by atoms with Crippen LogP contribution in [-0.4, -0.2) is 16.1 Å². The van der Waals surface area contributed by atoms with Crippen molar-refractivity contribution in [2.24, 2.45) is 0 Å². The lowest BCUT2D eigenvalue weighted by molar-refractivity contribution is 0.524. The van der Waals surface area contributed by atoms with Gasteiger partial charge in [0.2, 0.25) is 0 Å². The van der Waals surface area contributed by atoms with Crippen LogP contribution in [0.4, 0.5) is 0 Å². The minimum absolute atomic E-state index is 0.329. The van der Waals surface area contributed by atoms with Gasteiger partial charge in [0.25, 0.3) is 0 Å². The Morgan fingerprint density at radius 3 is 2.67 bits per heavy atom. The standard InChI is InChI=1S/C14H25N3S/c1-6-8-15-12(9-11(5)7-2)14-13(10(3)4)16-17-18-14/h10,12,15H,5-9H2,1-4H3. The Labute approximate surface area is 115 Å². The summed E-state index contributed by atoms with van der Waals surface area (Å²) >= 11 is 1.52. The molecular weight excluding hydrogens is 242 g/mol. The summed E-state index contributed by atoms with van der Waals surface area (Å²) in [6, 6.07) is 0.329. The topological polar surface area (TPSA) is 37.8 Å². The van der Waals surface area contributed by atoms with E-state index in [1.807, 2.05) is 0 Å². The second-order valence-corrected chi connectivity index (χ2v) is 5.78. The van der Waals surface area contributed by atoms with Crippen LogP contribution in [0.3, 0.4) is 0 Å². The number of nitrogens with one attached hydrogen (secondary N) is 1. The van der Waals surface area contributed by atoms with Crippen LogP contribution in [0.5, 0.6) is 0 Å². The summed E-state index contributed by atoms with van der Waals surface area (Å²) in [4.78, 5) is 1.29. The van der Waals surface area contributed by atoms with Gasteiger partial charge in [0.1, 0.15) is 0 Å². The summed E-state index contributed by atoms with van der Waals surface area (Å²) in [6.07, 6.45) is 3.16. The van der Waals surface area contributed by atoms with E-state index in [-0.39, 0.29) is 0 Å². The average molecular weight is 267 g/mol. The van der Waals surface area contributed by atoms with Crippen molar-refractivity contribution in [3.05, 3.63) is 22.7 Å². The fourth-order valence-corrected chi connectivity index (χ4v) is 2.74. The smallest absolute Gasteiger partial charge is 0.0829 e. The third-order valence-corrected chi connectivity index (χ3v) is 3.89. The molecule has 0 saturated carbocycles. The first-order chi connectivity index (χ1) is 8.60. The van der Waals surface area contributed by atoms with Gasteiger partial charge in [-0.25, -0.2) is 0 Å². The molecular formula is C14H25N3S. The third-order valence-electron chi connectivity index (χ3n) is 3.04. The van der Waals surface area contributed by atoms with Crippen LogP contribution in [0.15, 0.2) is 12.2 Å². The number of aromatic nitrogens is 2. The molecule has 0 aliphatic carbocycles. The monoisotopic (exact) mass is 267 g/mol. The molecule has 0 aliphatic heterocycles. The van der Waals surface area contributed by atoms with Crippen molar-refractivity contribution in [1.82, 2.24) is 14.9 Å². The predicted octanol–water partition coefficient (Wildman–Crippen LogP) is 4.06. The largest absolute Gasteiger partial charge is 0.309 e. The third kappa shape index (κ3) is 4.18. The van der Waals surface area contributed by atoms with Gasteiger partial charge in [-0.05, 0) is 43.3 Å². The van der Waals surface area contributed by atoms with Crippen LogP contribution < -0.4 is 5.32 Å². The second-order valence-electron chi connectivity index (χ2n) is 4.99. The number of hydrogen-bond acceptors (Lipinski definition) is 4. The van der Waals surface area contributed by atoms with Crippen LogP contribution >= 0.6 is 11.5 Å². The van der Waals surface area contributed by atoms with Crippen molar-refractivity contribution in [3.8, 4) is 0 Å². The molecule has 0 fully saturated rings. The SMILES string of the molecule is C=C(CC)CC(NCCC)c1snnc1C(C)C. The van der Waals surface area contributed by atoms with Gasteiger partial charge in [0.05, 0.1) is 10.6 Å². The van der Waals surface area contributed by atoms with Crippen molar-refractivity contribution >= 4 is 11.5 Å². The van der Waals surface area contributed by atoms with Crippen LogP contribution in [0, 0.1) is 0 Å². The van der Waals surface area contributed by atoms with Crippen molar-refractivity contribution in [2.75, 3.05) is 6.54 Å². The molecule has 4 heteroatoms. The Bertz CT molecular complexity index is 371. The highest BCUT2D eigenvalue weighted by Gasteiger charge is 2.20. The van der Waals surface area contributed by atoms with Crippen molar-refractivity contribution in [1.29, 1.82) is 0 Å². The van der Waals surface area contributed by atoms with Gasteiger partial charge >= 0.3 is 0 Å². The second kappa shape index (κ2) is 7.64. The zero-order chi connectivity index (χ0) is 13.5. The fraction of sp³-hybridized carbons (Fsp3) is 0.714. The van der Waals surface area contributed by atoms with Gasteiger partial charge in [-0.1, -0.05) is 44.3 Å². The Balaban J connectivity index is 2.86. The molecule has 18 heavy (non-hydrogen) atoms. The molecule has 1 heterocycles. The molecule has 1 unspecified atom stereocenters. The maximum atomic E-state index is 4.28. The van der Waals surface area contributed by atoms with Gasteiger partial charge in [-0.2, -0.15) is 0 Å². The molecule has 1 rings (SSSR count). The van der Waals surface area contributed by atoms with E-state index < -0.39 is 0 Å². The van der Waals surface area contributed by atoms with Crippen LogP contribution in [0.25, 0.3) is 0 Å². The van der Waals surface area contributed by atoms with E-state index in [0.717, 1.165) is 31.5 Å². The van der Waals surface area contributed by atoms with E-state index in [2.05, 4.69) is 49.2 Å². The summed E-state index contributed by atoms with van der Waals surface area (Å²) in [7, 11) is 0. The molecule has 0 saturated heterocycles. The lowest BCUT2D eigenvalue weighted by Crippen LogP contribution is -2.23. The first-order valence-corrected chi connectivity index (χ1v) is 7.59. The average Bonchev–Trinajstić information content (AvgIpc) is 2.83. The predicted molar refractivity (Wildman–Crippen MR) is 79.1 cm³/mol. The van der Waals surface area contributed by atoms with Gasteiger partial charge < -0.3 is 5.32 Å². The zero-order valence-corrected chi connectivity index (χ0v) is 12.8. The number of rotatable bonds is 8. The molecule has 1 aromatic rings. The quantitative estimate of drug-likeness (QED) is 0.722. The van der Waals surface area contributed by atoms with Crippen molar-refractivity contribution < 1.29 is 0 Å². The van der Waals surface area contributed by atoms with Gasteiger partial charge in [-0.3, -0.25) is 0 Å². The van der Waals surface area contributed by atoms with E-state index in [9.17, 15) is 0 Å². The summed E-state index contributed by atoms with van der Waals surface area (Å²) in [5.41, 5.74) is 2.42. The maximum absolute atomic E-state index is 4.28. The van der Waals surface area contributed by atoms with Crippen molar-refractivity contribution in [2.45, 2.75) is 58.9 Å². The Morgan fingerprint density at radius 2 is 2.11 bits per heavy atom. The lowest BCUT2D eigenvalue weighted by atomic mass is 9.99. The van der Waals surface area contributed by atoms with E-state index >= 15 is 0 Å². The van der Waals surface area contributed by atoms with Crippen LogP contribution in [-0.2, 0) is 0 Å². The fourth-order valence-electron chi connectivity index (χ4n) is 1.86. The Hall–Kier alpha value is -0.740. The normalized spacial score (nSPS) is 12.9. The summed E-state index contributed by atoms with van der Waals surface area (Å²) in [5, 5.41) is 7.88.